The van der Waals surface area contributed by atoms with E-state index in [1.165, 1.54) is 5.56 Å². The highest BCUT2D eigenvalue weighted by Crippen LogP contribution is 2.25. The van der Waals surface area contributed by atoms with Crippen LogP contribution in [0.25, 0.3) is 0 Å². The number of aromatic nitrogens is 1. The van der Waals surface area contributed by atoms with Gasteiger partial charge in [0.2, 0.25) is 0 Å². The summed E-state index contributed by atoms with van der Waals surface area (Å²) >= 11 is 1.76. The summed E-state index contributed by atoms with van der Waals surface area (Å²) in [6.07, 6.45) is 1.80. The van der Waals surface area contributed by atoms with E-state index in [0.29, 0.717) is 11.7 Å². The van der Waals surface area contributed by atoms with Gasteiger partial charge >= 0.3 is 0 Å². The first-order chi connectivity index (χ1) is 10.3. The average molecular weight is 298 g/mol. The molecule has 5 heteroatoms. The van der Waals surface area contributed by atoms with Crippen molar-refractivity contribution in [2.45, 2.75) is 13.0 Å². The van der Waals surface area contributed by atoms with Gasteiger partial charge in [0.15, 0.2) is 0 Å². The van der Waals surface area contributed by atoms with E-state index in [9.17, 15) is 0 Å². The minimum Gasteiger partial charge on any atom is -0.368 e. The van der Waals surface area contributed by atoms with Crippen LogP contribution >= 0.6 is 11.3 Å². The Morgan fingerprint density at radius 2 is 2.05 bits per heavy atom. The Morgan fingerprint density at radius 1 is 1.24 bits per heavy atom. The fraction of sp³-hybridized carbons (Fsp3) is 0.375. The van der Waals surface area contributed by atoms with Crippen LogP contribution in [-0.2, 0) is 0 Å². The Hall–Kier alpha value is -1.90. The van der Waals surface area contributed by atoms with Gasteiger partial charge in [-0.1, -0.05) is 0 Å². The van der Waals surface area contributed by atoms with Crippen molar-refractivity contribution in [1.29, 1.82) is 5.26 Å². The molecule has 108 valence electrons. The topological polar surface area (TPSA) is 43.2 Å². The molecule has 1 aliphatic heterocycles. The van der Waals surface area contributed by atoms with Gasteiger partial charge < -0.3 is 4.90 Å². The Bertz CT molecular complexity index is 607. The first kappa shape index (κ1) is 14.1. The zero-order valence-corrected chi connectivity index (χ0v) is 12.9. The summed E-state index contributed by atoms with van der Waals surface area (Å²) in [5, 5.41) is 13.2. The molecule has 3 rings (SSSR count). The van der Waals surface area contributed by atoms with Gasteiger partial charge in [0.1, 0.15) is 11.8 Å². The molecule has 0 bridgehead atoms. The number of hydrogen-bond donors (Lipinski definition) is 0. The molecule has 0 N–H and O–H groups in total. The van der Waals surface area contributed by atoms with Gasteiger partial charge in [-0.15, -0.1) is 0 Å². The summed E-state index contributed by atoms with van der Waals surface area (Å²) in [4.78, 5) is 9.01. The number of pyridine rings is 1. The quantitative estimate of drug-likeness (QED) is 0.874. The van der Waals surface area contributed by atoms with Crippen molar-refractivity contribution in [1.82, 2.24) is 9.88 Å². The summed E-state index contributed by atoms with van der Waals surface area (Å²) in [7, 11) is 0. The average Bonchev–Trinajstić information content (AvgIpc) is 3.09. The highest BCUT2D eigenvalue weighted by atomic mass is 32.1. The minimum atomic E-state index is 0.475. The second-order valence-corrected chi connectivity index (χ2v) is 6.05. The number of piperazine rings is 1. The lowest BCUT2D eigenvalue weighted by Gasteiger charge is -2.38. The van der Waals surface area contributed by atoms with E-state index in [0.717, 1.165) is 31.9 Å². The van der Waals surface area contributed by atoms with Gasteiger partial charge in [-0.25, -0.2) is 4.98 Å². The van der Waals surface area contributed by atoms with Crippen molar-refractivity contribution < 1.29 is 0 Å². The summed E-state index contributed by atoms with van der Waals surface area (Å²) in [6.45, 7) is 6.39. The molecule has 1 saturated heterocycles. The third-order valence-electron chi connectivity index (χ3n) is 4.12. The molecule has 2 aromatic heterocycles. The lowest BCUT2D eigenvalue weighted by Crippen LogP contribution is -2.47. The molecule has 0 saturated carbocycles. The van der Waals surface area contributed by atoms with E-state index < -0.39 is 0 Å². The first-order valence-electron chi connectivity index (χ1n) is 7.15. The third-order valence-corrected chi connectivity index (χ3v) is 4.82. The van der Waals surface area contributed by atoms with Crippen molar-refractivity contribution in [3.8, 4) is 6.07 Å². The van der Waals surface area contributed by atoms with Crippen LogP contribution in [0, 0.1) is 11.3 Å². The fourth-order valence-electron chi connectivity index (χ4n) is 2.73. The molecule has 0 aromatic carbocycles. The van der Waals surface area contributed by atoms with Gasteiger partial charge in [0.05, 0.1) is 11.9 Å². The Balaban J connectivity index is 1.61. The van der Waals surface area contributed by atoms with Crippen LogP contribution in [0.4, 0.5) is 5.69 Å². The van der Waals surface area contributed by atoms with Crippen molar-refractivity contribution in [2.75, 3.05) is 31.1 Å². The van der Waals surface area contributed by atoms with Gasteiger partial charge in [-0.2, -0.15) is 16.6 Å². The molecule has 0 spiro atoms. The number of anilines is 1. The molecule has 2 aromatic rings. The summed E-state index contributed by atoms with van der Waals surface area (Å²) in [5.74, 6) is 0. The van der Waals surface area contributed by atoms with E-state index in [4.69, 9.17) is 5.26 Å². The molecule has 0 amide bonds. The minimum absolute atomic E-state index is 0.475. The van der Waals surface area contributed by atoms with Crippen LogP contribution in [0.3, 0.4) is 0 Å². The van der Waals surface area contributed by atoms with Gasteiger partial charge in [0.25, 0.3) is 0 Å². The van der Waals surface area contributed by atoms with Crippen LogP contribution in [0.15, 0.2) is 35.2 Å². The summed E-state index contributed by atoms with van der Waals surface area (Å²) in [6, 6.07) is 8.53. The van der Waals surface area contributed by atoms with E-state index >= 15 is 0 Å². The molecule has 0 unspecified atom stereocenters. The Labute approximate surface area is 129 Å². The maximum Gasteiger partial charge on any atom is 0.140 e. The fourth-order valence-corrected chi connectivity index (χ4v) is 3.48. The van der Waals surface area contributed by atoms with Crippen molar-refractivity contribution in [2.24, 2.45) is 0 Å². The maximum absolute atomic E-state index is 8.79. The molecule has 1 atom stereocenters. The number of hydrogen-bond acceptors (Lipinski definition) is 5. The summed E-state index contributed by atoms with van der Waals surface area (Å²) in [5.41, 5.74) is 2.99. The molecule has 0 radical (unpaired) electrons. The van der Waals surface area contributed by atoms with Gasteiger partial charge in [0, 0.05) is 32.2 Å². The van der Waals surface area contributed by atoms with Crippen LogP contribution in [0.5, 0.6) is 0 Å². The van der Waals surface area contributed by atoms with E-state index in [1.807, 2.05) is 6.07 Å². The Kier molecular flexibility index (Phi) is 4.18. The number of thiophene rings is 1. The van der Waals surface area contributed by atoms with Crippen molar-refractivity contribution in [3.63, 3.8) is 0 Å². The highest BCUT2D eigenvalue weighted by molar-refractivity contribution is 7.07. The summed E-state index contributed by atoms with van der Waals surface area (Å²) < 4.78 is 0. The molecule has 1 aliphatic rings. The smallest absolute Gasteiger partial charge is 0.140 e. The normalized spacial score (nSPS) is 17.4. The predicted octanol–water partition coefficient (Wildman–Crippen LogP) is 2.90. The Morgan fingerprint density at radius 3 is 2.62 bits per heavy atom. The molecule has 3 heterocycles. The second kappa shape index (κ2) is 6.25. The lowest BCUT2D eigenvalue weighted by atomic mass is 10.1. The number of nitriles is 1. The van der Waals surface area contributed by atoms with Gasteiger partial charge in [-0.05, 0) is 41.4 Å². The largest absolute Gasteiger partial charge is 0.368 e. The maximum atomic E-state index is 8.79. The number of nitrogens with zero attached hydrogens (tertiary/aromatic N) is 4. The molecule has 21 heavy (non-hydrogen) atoms. The molecule has 0 aliphatic carbocycles. The van der Waals surface area contributed by atoms with E-state index in [1.54, 1.807) is 23.6 Å². The monoisotopic (exact) mass is 298 g/mol. The SMILES string of the molecule is C[C@@H](c1ccsc1)N1CCN(c2ccc(C#N)nc2)CC1. The third kappa shape index (κ3) is 3.07. The molecule has 1 fully saturated rings. The standard InChI is InChI=1S/C16H18N4S/c1-13(14-4-9-21-12-14)19-5-7-20(8-6-19)16-3-2-15(10-17)18-11-16/h2-4,9,11-13H,5-8H2,1H3/t13-/m0/s1. The zero-order valence-electron chi connectivity index (χ0n) is 12.1. The zero-order chi connectivity index (χ0) is 14.7. The second-order valence-electron chi connectivity index (χ2n) is 5.27. The molecular weight excluding hydrogens is 280 g/mol. The van der Waals surface area contributed by atoms with Crippen molar-refractivity contribution >= 4 is 17.0 Å². The highest BCUT2D eigenvalue weighted by Gasteiger charge is 2.22. The van der Waals surface area contributed by atoms with Crippen LogP contribution in [-0.4, -0.2) is 36.1 Å². The number of rotatable bonds is 3. The van der Waals surface area contributed by atoms with Crippen LogP contribution < -0.4 is 4.90 Å². The van der Waals surface area contributed by atoms with E-state index in [2.05, 4.69) is 44.6 Å². The van der Waals surface area contributed by atoms with Crippen LogP contribution in [0.1, 0.15) is 24.2 Å². The lowest BCUT2D eigenvalue weighted by molar-refractivity contribution is 0.199. The molecular formula is C16H18N4S. The molecule has 4 nitrogen and oxygen atoms in total. The van der Waals surface area contributed by atoms with Gasteiger partial charge in [-0.3, -0.25) is 4.90 Å². The first-order valence-corrected chi connectivity index (χ1v) is 8.09. The van der Waals surface area contributed by atoms with E-state index in [-0.39, 0.29) is 0 Å². The predicted molar refractivity (Wildman–Crippen MR) is 85.5 cm³/mol. The van der Waals surface area contributed by atoms with Crippen LogP contribution in [0.2, 0.25) is 0 Å². The van der Waals surface area contributed by atoms with Crippen molar-refractivity contribution in [3.05, 3.63) is 46.4 Å².